The van der Waals surface area contributed by atoms with Crippen LogP contribution in [0.25, 0.3) is 11.4 Å². The number of hydrogen-bond donors (Lipinski definition) is 1. The van der Waals surface area contributed by atoms with E-state index in [-0.39, 0.29) is 43.1 Å². The van der Waals surface area contributed by atoms with Crippen molar-refractivity contribution in [3.05, 3.63) is 36.0 Å². The van der Waals surface area contributed by atoms with Gasteiger partial charge >= 0.3 is 5.97 Å². The van der Waals surface area contributed by atoms with Crippen molar-refractivity contribution >= 4 is 11.9 Å². The smallest absolute Gasteiger partial charge is 0.306 e. The number of nitrogens with zero attached hydrogens (tertiary/aromatic N) is 2. The minimum atomic E-state index is -0.523. The molecule has 0 bridgehead atoms. The van der Waals surface area contributed by atoms with Crippen LogP contribution in [0.2, 0.25) is 0 Å². The number of carbonyl (C=O) groups excluding carboxylic acids is 2. The summed E-state index contributed by atoms with van der Waals surface area (Å²) >= 11 is 0. The van der Waals surface area contributed by atoms with E-state index in [2.05, 4.69) is 15.5 Å². The lowest BCUT2D eigenvalue weighted by Crippen LogP contribution is -2.35. The Morgan fingerprint density at radius 1 is 1.31 bits per heavy atom. The fourth-order valence-electron chi connectivity index (χ4n) is 2.32. The SMILES string of the molecule is CCCC(C)NC(=O)COC(=O)CCc1nc(-c2ccc(F)cc2)no1. The topological polar surface area (TPSA) is 94.3 Å². The molecule has 140 valence electrons. The lowest BCUT2D eigenvalue weighted by molar-refractivity contribution is -0.148. The number of aryl methyl sites for hydroxylation is 1. The zero-order valence-electron chi connectivity index (χ0n) is 14.8. The first-order valence-electron chi connectivity index (χ1n) is 8.51. The summed E-state index contributed by atoms with van der Waals surface area (Å²) in [6.07, 6.45) is 2.04. The zero-order valence-corrected chi connectivity index (χ0v) is 14.8. The molecule has 7 nitrogen and oxygen atoms in total. The highest BCUT2D eigenvalue weighted by atomic mass is 19.1. The van der Waals surface area contributed by atoms with E-state index >= 15 is 0 Å². The van der Waals surface area contributed by atoms with Crippen LogP contribution < -0.4 is 5.32 Å². The Bertz CT molecular complexity index is 730. The number of benzene rings is 1. The Morgan fingerprint density at radius 3 is 2.73 bits per heavy atom. The molecule has 0 spiro atoms. The summed E-state index contributed by atoms with van der Waals surface area (Å²) in [4.78, 5) is 27.5. The van der Waals surface area contributed by atoms with Gasteiger partial charge in [-0.1, -0.05) is 18.5 Å². The molecule has 1 amide bonds. The molecular weight excluding hydrogens is 341 g/mol. The number of rotatable bonds is 9. The standard InChI is InChI=1S/C18H22FN3O4/c1-3-4-12(2)20-15(23)11-25-17(24)10-9-16-21-18(22-26-16)13-5-7-14(19)8-6-13/h5-8,12H,3-4,9-11H2,1-2H3,(H,20,23). The van der Waals surface area contributed by atoms with Crippen LogP contribution in [-0.4, -0.2) is 34.7 Å². The average molecular weight is 363 g/mol. The summed E-state index contributed by atoms with van der Waals surface area (Å²) in [5, 5.41) is 6.55. The van der Waals surface area contributed by atoms with E-state index in [1.165, 1.54) is 24.3 Å². The van der Waals surface area contributed by atoms with Gasteiger partial charge in [0.15, 0.2) is 6.61 Å². The number of aromatic nitrogens is 2. The first-order chi connectivity index (χ1) is 12.5. The molecule has 1 aromatic heterocycles. The predicted octanol–water partition coefficient (Wildman–Crippen LogP) is 2.66. The Morgan fingerprint density at radius 2 is 2.04 bits per heavy atom. The molecule has 2 aromatic rings. The van der Waals surface area contributed by atoms with E-state index in [1.54, 1.807) is 0 Å². The Labute approximate surface area is 150 Å². The summed E-state index contributed by atoms with van der Waals surface area (Å²) in [6.45, 7) is 3.62. The van der Waals surface area contributed by atoms with Crippen LogP contribution in [-0.2, 0) is 20.7 Å². The highest BCUT2D eigenvalue weighted by Crippen LogP contribution is 2.16. The number of carbonyl (C=O) groups is 2. The zero-order chi connectivity index (χ0) is 18.9. The Balaban J connectivity index is 1.74. The lowest BCUT2D eigenvalue weighted by Gasteiger charge is -2.12. The number of amides is 1. The Hall–Kier alpha value is -2.77. The van der Waals surface area contributed by atoms with Crippen LogP contribution in [0.3, 0.4) is 0 Å². The first kappa shape index (κ1) is 19.6. The van der Waals surface area contributed by atoms with Crippen molar-refractivity contribution in [1.82, 2.24) is 15.5 Å². The average Bonchev–Trinajstić information content (AvgIpc) is 3.08. The second kappa shape index (κ2) is 9.65. The lowest BCUT2D eigenvalue weighted by atomic mass is 10.2. The van der Waals surface area contributed by atoms with Crippen molar-refractivity contribution in [2.24, 2.45) is 0 Å². The fraction of sp³-hybridized carbons (Fsp3) is 0.444. The molecule has 1 unspecified atom stereocenters. The third-order valence-electron chi connectivity index (χ3n) is 3.61. The summed E-state index contributed by atoms with van der Waals surface area (Å²) in [7, 11) is 0. The number of ether oxygens (including phenoxy) is 1. The third kappa shape index (κ3) is 6.27. The van der Waals surface area contributed by atoms with Gasteiger partial charge in [-0.2, -0.15) is 4.98 Å². The van der Waals surface area contributed by atoms with Crippen molar-refractivity contribution in [3.8, 4) is 11.4 Å². The predicted molar refractivity (Wildman–Crippen MR) is 91.5 cm³/mol. The van der Waals surface area contributed by atoms with Gasteiger partial charge in [0.1, 0.15) is 5.82 Å². The number of esters is 1. The molecule has 0 aliphatic heterocycles. The molecule has 2 rings (SSSR count). The molecule has 0 saturated carbocycles. The second-order valence-electron chi connectivity index (χ2n) is 5.94. The van der Waals surface area contributed by atoms with E-state index in [0.29, 0.717) is 11.4 Å². The molecule has 0 radical (unpaired) electrons. The first-order valence-corrected chi connectivity index (χ1v) is 8.51. The summed E-state index contributed by atoms with van der Waals surface area (Å²) in [5.74, 6) is -0.617. The molecule has 1 N–H and O–H groups in total. The van der Waals surface area contributed by atoms with Gasteiger partial charge in [-0.25, -0.2) is 4.39 Å². The highest BCUT2D eigenvalue weighted by molar-refractivity contribution is 5.80. The van der Waals surface area contributed by atoms with Crippen molar-refractivity contribution < 1.29 is 23.2 Å². The summed E-state index contributed by atoms with van der Waals surface area (Å²) < 4.78 is 22.9. The van der Waals surface area contributed by atoms with E-state index in [0.717, 1.165) is 12.8 Å². The van der Waals surface area contributed by atoms with E-state index in [9.17, 15) is 14.0 Å². The van der Waals surface area contributed by atoms with Crippen LogP contribution in [0.15, 0.2) is 28.8 Å². The molecule has 0 aliphatic rings. The van der Waals surface area contributed by atoms with E-state index in [1.807, 2.05) is 13.8 Å². The number of hydrogen-bond acceptors (Lipinski definition) is 6. The molecule has 1 aromatic carbocycles. The minimum absolute atomic E-state index is 0.0167. The van der Waals surface area contributed by atoms with Gasteiger partial charge in [-0.3, -0.25) is 9.59 Å². The molecule has 0 saturated heterocycles. The van der Waals surface area contributed by atoms with Crippen molar-refractivity contribution in [2.45, 2.75) is 45.6 Å². The van der Waals surface area contributed by atoms with Crippen LogP contribution in [0.4, 0.5) is 4.39 Å². The monoisotopic (exact) mass is 363 g/mol. The van der Waals surface area contributed by atoms with Crippen molar-refractivity contribution in [3.63, 3.8) is 0 Å². The van der Waals surface area contributed by atoms with Gasteiger partial charge in [0.05, 0.1) is 6.42 Å². The highest BCUT2D eigenvalue weighted by Gasteiger charge is 2.13. The molecule has 0 fully saturated rings. The normalized spacial score (nSPS) is 11.8. The van der Waals surface area contributed by atoms with Gasteiger partial charge in [0.2, 0.25) is 11.7 Å². The second-order valence-corrected chi connectivity index (χ2v) is 5.94. The van der Waals surface area contributed by atoms with E-state index in [4.69, 9.17) is 9.26 Å². The van der Waals surface area contributed by atoms with Gasteiger partial charge in [-0.05, 0) is 37.6 Å². The largest absolute Gasteiger partial charge is 0.456 e. The number of nitrogens with one attached hydrogen (secondary N) is 1. The van der Waals surface area contributed by atoms with Crippen LogP contribution in [0, 0.1) is 5.82 Å². The maximum absolute atomic E-state index is 12.9. The van der Waals surface area contributed by atoms with Crippen LogP contribution in [0.1, 0.15) is 39.0 Å². The van der Waals surface area contributed by atoms with Gasteiger partial charge in [0, 0.05) is 18.0 Å². The fourth-order valence-corrected chi connectivity index (χ4v) is 2.32. The molecule has 1 atom stereocenters. The molecule has 26 heavy (non-hydrogen) atoms. The molecule has 0 aliphatic carbocycles. The van der Waals surface area contributed by atoms with Gasteiger partial charge < -0.3 is 14.6 Å². The van der Waals surface area contributed by atoms with E-state index < -0.39 is 5.97 Å². The van der Waals surface area contributed by atoms with Crippen molar-refractivity contribution in [2.75, 3.05) is 6.61 Å². The Kier molecular flexibility index (Phi) is 7.25. The van der Waals surface area contributed by atoms with Crippen LogP contribution in [0.5, 0.6) is 0 Å². The van der Waals surface area contributed by atoms with Gasteiger partial charge in [0.25, 0.3) is 5.91 Å². The minimum Gasteiger partial charge on any atom is -0.456 e. The van der Waals surface area contributed by atoms with Gasteiger partial charge in [-0.15, -0.1) is 0 Å². The maximum Gasteiger partial charge on any atom is 0.306 e. The quantitative estimate of drug-likeness (QED) is 0.688. The molecule has 8 heteroatoms. The van der Waals surface area contributed by atoms with Crippen LogP contribution >= 0.6 is 0 Å². The third-order valence-corrected chi connectivity index (χ3v) is 3.61. The van der Waals surface area contributed by atoms with Crippen molar-refractivity contribution in [1.29, 1.82) is 0 Å². The summed E-state index contributed by atoms with van der Waals surface area (Å²) in [6, 6.07) is 5.73. The summed E-state index contributed by atoms with van der Waals surface area (Å²) in [5.41, 5.74) is 0.613. The maximum atomic E-state index is 12.9. The molecule has 1 heterocycles. The number of halogens is 1. The molecular formula is C18H22FN3O4.